The largest absolute Gasteiger partial charge is 0.356 e. The van der Waals surface area contributed by atoms with Crippen LogP contribution in [-0.2, 0) is 11.3 Å². The van der Waals surface area contributed by atoms with E-state index >= 15 is 0 Å². The van der Waals surface area contributed by atoms with Crippen LogP contribution in [0.3, 0.4) is 0 Å². The molecule has 0 unspecified atom stereocenters. The zero-order valence-electron chi connectivity index (χ0n) is 19.5. The molecule has 0 saturated heterocycles. The number of amides is 2. The summed E-state index contributed by atoms with van der Waals surface area (Å²) in [4.78, 5) is 33.8. The average Bonchev–Trinajstić information content (AvgIpc) is 3.26. The molecule has 3 aromatic rings. The first-order valence-electron chi connectivity index (χ1n) is 11.9. The smallest absolute Gasteiger partial charge is 0.251 e. The Kier molecular flexibility index (Phi) is 7.37. The maximum absolute atomic E-state index is 12.4. The lowest BCUT2D eigenvalue weighted by atomic mass is 9.80. The Morgan fingerprint density at radius 1 is 1.15 bits per heavy atom. The van der Waals surface area contributed by atoms with E-state index in [0.717, 1.165) is 67.6 Å². The van der Waals surface area contributed by atoms with Gasteiger partial charge in [-0.2, -0.15) is 0 Å². The molecule has 1 aliphatic carbocycles. The first kappa shape index (κ1) is 23.0. The standard InChI is InChI=1S/C26H33N5O2/c1-18-28-13-15-31(18)14-5-8-25(32)29-17-19-9-11-20(12-10-19)24-16-22(26(33)27-2)21-6-3-4-7-23(21)30-24/h3-4,6-7,13,15-16,19-20H,5,8-12,14,17H2,1-2H3,(H,27,33)(H,29,32). The summed E-state index contributed by atoms with van der Waals surface area (Å²) in [6.07, 6.45) is 9.27. The van der Waals surface area contributed by atoms with Gasteiger partial charge in [0.2, 0.25) is 5.91 Å². The van der Waals surface area contributed by atoms with Crippen LogP contribution in [0, 0.1) is 12.8 Å². The number of aryl methyl sites for hydroxylation is 2. The Labute approximate surface area is 195 Å². The molecule has 1 fully saturated rings. The number of hydrogen-bond donors (Lipinski definition) is 2. The van der Waals surface area contributed by atoms with Gasteiger partial charge < -0.3 is 15.2 Å². The average molecular weight is 448 g/mol. The monoisotopic (exact) mass is 447 g/mol. The van der Waals surface area contributed by atoms with Gasteiger partial charge in [-0.3, -0.25) is 14.6 Å². The quantitative estimate of drug-likeness (QED) is 0.547. The van der Waals surface area contributed by atoms with Crippen LogP contribution in [0.1, 0.15) is 66.3 Å². The molecule has 2 amide bonds. The van der Waals surface area contributed by atoms with Crippen LogP contribution in [0.25, 0.3) is 10.9 Å². The van der Waals surface area contributed by atoms with E-state index in [-0.39, 0.29) is 11.8 Å². The van der Waals surface area contributed by atoms with Gasteiger partial charge in [-0.25, -0.2) is 4.98 Å². The first-order chi connectivity index (χ1) is 16.0. The van der Waals surface area contributed by atoms with Crippen LogP contribution in [0.2, 0.25) is 0 Å². The SMILES string of the molecule is CNC(=O)c1cc(C2CCC(CNC(=O)CCCn3ccnc3C)CC2)nc2ccccc12. The van der Waals surface area contributed by atoms with Crippen molar-refractivity contribution in [1.29, 1.82) is 0 Å². The second-order valence-corrected chi connectivity index (χ2v) is 8.98. The van der Waals surface area contributed by atoms with Gasteiger partial charge in [-0.15, -0.1) is 0 Å². The zero-order valence-corrected chi connectivity index (χ0v) is 19.5. The molecule has 174 valence electrons. The Morgan fingerprint density at radius 3 is 2.67 bits per heavy atom. The number of carbonyl (C=O) groups excluding carboxylic acids is 2. The fourth-order valence-corrected chi connectivity index (χ4v) is 4.79. The number of pyridine rings is 1. The van der Waals surface area contributed by atoms with Crippen LogP contribution in [0.15, 0.2) is 42.7 Å². The highest BCUT2D eigenvalue weighted by Crippen LogP contribution is 2.36. The third-order valence-electron chi connectivity index (χ3n) is 6.79. The molecular formula is C26H33N5O2. The zero-order chi connectivity index (χ0) is 23.2. The summed E-state index contributed by atoms with van der Waals surface area (Å²) in [6, 6.07) is 9.79. The number of aromatic nitrogens is 3. The lowest BCUT2D eigenvalue weighted by Gasteiger charge is -2.28. The number of fused-ring (bicyclic) bond motifs is 1. The summed E-state index contributed by atoms with van der Waals surface area (Å²) < 4.78 is 2.07. The molecule has 0 radical (unpaired) electrons. The third kappa shape index (κ3) is 5.59. The minimum absolute atomic E-state index is 0.0746. The molecule has 1 saturated carbocycles. The molecule has 0 bridgehead atoms. The highest BCUT2D eigenvalue weighted by molar-refractivity contribution is 6.06. The van der Waals surface area contributed by atoms with E-state index in [4.69, 9.17) is 4.98 Å². The first-order valence-corrected chi connectivity index (χ1v) is 11.9. The van der Waals surface area contributed by atoms with Crippen molar-refractivity contribution in [3.8, 4) is 0 Å². The van der Waals surface area contributed by atoms with E-state index in [9.17, 15) is 9.59 Å². The summed E-state index contributed by atoms with van der Waals surface area (Å²) in [5, 5.41) is 6.77. The summed E-state index contributed by atoms with van der Waals surface area (Å²) in [6.45, 7) is 3.54. The van der Waals surface area contributed by atoms with Crippen LogP contribution in [-0.4, -0.2) is 39.9 Å². The van der Waals surface area contributed by atoms with Crippen LogP contribution < -0.4 is 10.6 Å². The van der Waals surface area contributed by atoms with Gasteiger partial charge in [0.1, 0.15) is 5.82 Å². The molecule has 2 aromatic heterocycles. The van der Waals surface area contributed by atoms with E-state index < -0.39 is 0 Å². The number of benzene rings is 1. The van der Waals surface area contributed by atoms with Crippen molar-refractivity contribution < 1.29 is 9.59 Å². The fourth-order valence-electron chi connectivity index (χ4n) is 4.79. The second-order valence-electron chi connectivity index (χ2n) is 8.98. The van der Waals surface area contributed by atoms with Crippen molar-refractivity contribution >= 4 is 22.7 Å². The number of carbonyl (C=O) groups is 2. The van der Waals surface area contributed by atoms with Gasteiger partial charge in [0.25, 0.3) is 5.91 Å². The molecule has 0 atom stereocenters. The number of rotatable bonds is 8. The van der Waals surface area contributed by atoms with E-state index in [1.807, 2.05) is 43.5 Å². The van der Waals surface area contributed by atoms with Crippen LogP contribution in [0.5, 0.6) is 0 Å². The molecule has 7 heteroatoms. The van der Waals surface area contributed by atoms with Crippen molar-refractivity contribution in [2.45, 2.75) is 57.9 Å². The van der Waals surface area contributed by atoms with E-state index in [1.54, 1.807) is 13.2 Å². The molecule has 2 N–H and O–H groups in total. The van der Waals surface area contributed by atoms with Crippen LogP contribution in [0.4, 0.5) is 0 Å². The minimum atomic E-state index is -0.0746. The van der Waals surface area contributed by atoms with Gasteiger partial charge in [0.05, 0.1) is 11.1 Å². The molecule has 1 aromatic carbocycles. The third-order valence-corrected chi connectivity index (χ3v) is 6.79. The molecule has 1 aliphatic rings. The molecule has 7 nitrogen and oxygen atoms in total. The molecular weight excluding hydrogens is 414 g/mol. The molecule has 2 heterocycles. The predicted molar refractivity (Wildman–Crippen MR) is 129 cm³/mol. The Morgan fingerprint density at radius 2 is 1.94 bits per heavy atom. The normalized spacial score (nSPS) is 18.2. The Balaban J connectivity index is 1.27. The number of nitrogens with one attached hydrogen (secondary N) is 2. The molecule has 0 spiro atoms. The van der Waals surface area contributed by atoms with E-state index in [2.05, 4.69) is 20.2 Å². The van der Waals surface area contributed by atoms with Gasteiger partial charge in [0.15, 0.2) is 0 Å². The Bertz CT molecular complexity index is 1110. The summed E-state index contributed by atoms with van der Waals surface area (Å²) in [7, 11) is 1.66. The highest BCUT2D eigenvalue weighted by atomic mass is 16.2. The maximum Gasteiger partial charge on any atom is 0.251 e. The molecule has 0 aliphatic heterocycles. The minimum Gasteiger partial charge on any atom is -0.356 e. The Hall–Kier alpha value is -3.22. The fraction of sp³-hybridized carbons (Fsp3) is 0.462. The predicted octanol–water partition coefficient (Wildman–Crippen LogP) is 3.97. The van der Waals surface area contributed by atoms with Crippen molar-refractivity contribution in [1.82, 2.24) is 25.2 Å². The van der Waals surface area contributed by atoms with Crippen molar-refractivity contribution in [3.05, 3.63) is 59.8 Å². The maximum atomic E-state index is 12.4. The lowest BCUT2D eigenvalue weighted by molar-refractivity contribution is -0.121. The highest BCUT2D eigenvalue weighted by Gasteiger charge is 2.25. The summed E-state index contributed by atoms with van der Waals surface area (Å²) in [5.74, 6) is 1.88. The number of hydrogen-bond acceptors (Lipinski definition) is 4. The van der Waals surface area contributed by atoms with Crippen molar-refractivity contribution in [3.63, 3.8) is 0 Å². The molecule has 4 rings (SSSR count). The number of nitrogens with zero attached hydrogens (tertiary/aromatic N) is 3. The number of imidazole rings is 1. The van der Waals surface area contributed by atoms with Gasteiger partial charge in [0, 0.05) is 55.9 Å². The molecule has 33 heavy (non-hydrogen) atoms. The number of para-hydroxylation sites is 1. The van der Waals surface area contributed by atoms with Crippen molar-refractivity contribution in [2.24, 2.45) is 5.92 Å². The van der Waals surface area contributed by atoms with E-state index in [1.165, 1.54) is 0 Å². The second kappa shape index (κ2) is 10.6. The summed E-state index contributed by atoms with van der Waals surface area (Å²) in [5.41, 5.74) is 2.57. The van der Waals surface area contributed by atoms with Crippen molar-refractivity contribution in [2.75, 3.05) is 13.6 Å². The topological polar surface area (TPSA) is 88.9 Å². The van der Waals surface area contributed by atoms with E-state index in [0.29, 0.717) is 23.8 Å². The summed E-state index contributed by atoms with van der Waals surface area (Å²) >= 11 is 0. The lowest BCUT2D eigenvalue weighted by Crippen LogP contribution is -2.31. The van der Waals surface area contributed by atoms with Crippen LogP contribution >= 0.6 is 0 Å². The van der Waals surface area contributed by atoms with Gasteiger partial charge in [-0.05, 0) is 57.1 Å². The van der Waals surface area contributed by atoms with Gasteiger partial charge in [-0.1, -0.05) is 18.2 Å². The van der Waals surface area contributed by atoms with Gasteiger partial charge >= 0.3 is 0 Å².